The van der Waals surface area contributed by atoms with Crippen molar-refractivity contribution in [1.82, 2.24) is 4.98 Å². The van der Waals surface area contributed by atoms with E-state index in [1.165, 1.54) is 16.2 Å². The fourth-order valence-corrected chi connectivity index (χ4v) is 6.55. The fraction of sp³-hybridized carbons (Fsp3) is 1.00. The van der Waals surface area contributed by atoms with E-state index >= 15 is 0 Å². The van der Waals surface area contributed by atoms with Crippen LogP contribution >= 0.6 is 0 Å². The molecule has 0 rings (SSSR count). The molecule has 0 aliphatic carbocycles. The third kappa shape index (κ3) is 4.25. The highest BCUT2D eigenvalue weighted by molar-refractivity contribution is 7.02. The van der Waals surface area contributed by atoms with Crippen LogP contribution in [0.5, 0.6) is 0 Å². The molecule has 2 atom stereocenters. The molecule has 0 heterocycles. The molecule has 0 saturated heterocycles. The van der Waals surface area contributed by atoms with Gasteiger partial charge < -0.3 is 4.98 Å². The second kappa shape index (κ2) is 5.10. The van der Waals surface area contributed by atoms with E-state index in [0.29, 0.717) is 6.04 Å². The normalized spacial score (nSPS) is 17.7. The Morgan fingerprint density at radius 1 is 1.40 bits per heavy atom. The lowest BCUT2D eigenvalue weighted by Gasteiger charge is -2.20. The van der Waals surface area contributed by atoms with Crippen molar-refractivity contribution >= 4 is 18.2 Å². The van der Waals surface area contributed by atoms with Crippen molar-refractivity contribution in [3.8, 4) is 0 Å². The first kappa shape index (κ1) is 10.4. The van der Waals surface area contributed by atoms with Gasteiger partial charge in [-0.25, -0.2) is 0 Å². The second-order valence-electron chi connectivity index (χ2n) is 3.50. The zero-order valence-corrected chi connectivity index (χ0v) is 11.1. The zero-order chi connectivity index (χ0) is 8.15. The first-order valence-corrected chi connectivity index (χ1v) is 10.2. The smallest absolute Gasteiger partial charge is 0.0909 e. The summed E-state index contributed by atoms with van der Waals surface area (Å²) in [6, 6.07) is 0.711. The lowest BCUT2D eigenvalue weighted by atomic mass is 10.4. The predicted octanol–water partition coefficient (Wildman–Crippen LogP) is 0.370. The molecule has 0 aromatic carbocycles. The number of nitrogens with one attached hydrogen (secondary N) is 1. The predicted molar refractivity (Wildman–Crippen MR) is 55.1 cm³/mol. The summed E-state index contributed by atoms with van der Waals surface area (Å²) >= 11 is 0. The van der Waals surface area contributed by atoms with Gasteiger partial charge in [0.05, 0.1) is 8.48 Å². The minimum atomic E-state index is -0.465. The van der Waals surface area contributed by atoms with Crippen LogP contribution in [0.25, 0.3) is 0 Å². The lowest BCUT2D eigenvalue weighted by molar-refractivity contribution is 0.724. The van der Waals surface area contributed by atoms with E-state index in [0.717, 1.165) is 5.54 Å². The van der Waals surface area contributed by atoms with Gasteiger partial charge in [0.1, 0.15) is 0 Å². The highest BCUT2D eigenvalue weighted by Crippen LogP contribution is 2.08. The molecule has 0 spiro atoms. The Morgan fingerprint density at radius 2 is 1.90 bits per heavy atom. The van der Waals surface area contributed by atoms with Crippen LogP contribution in [0.2, 0.25) is 5.54 Å². The molecule has 0 aromatic rings. The van der Waals surface area contributed by atoms with E-state index < -0.39 is 8.48 Å². The van der Waals surface area contributed by atoms with Crippen molar-refractivity contribution in [3.63, 3.8) is 0 Å². The minimum absolute atomic E-state index is 0.465. The zero-order valence-electron chi connectivity index (χ0n) is 7.94. The molecule has 0 bridgehead atoms. The molecule has 1 nitrogen and oxygen atoms in total. The summed E-state index contributed by atoms with van der Waals surface area (Å²) in [7, 11) is 0.943. The maximum atomic E-state index is 3.69. The maximum Gasteiger partial charge on any atom is 0.0909 e. The Kier molecular flexibility index (Phi) is 5.30. The van der Waals surface area contributed by atoms with E-state index in [9.17, 15) is 0 Å². The van der Waals surface area contributed by atoms with Crippen LogP contribution in [0.15, 0.2) is 0 Å². The molecule has 10 heavy (non-hydrogen) atoms. The maximum absolute atomic E-state index is 3.69. The first-order chi connectivity index (χ1) is 4.57. The minimum Gasteiger partial charge on any atom is -0.340 e. The summed E-state index contributed by atoms with van der Waals surface area (Å²) in [6.07, 6.45) is 1.36. The third-order valence-electron chi connectivity index (χ3n) is 2.09. The van der Waals surface area contributed by atoms with Crippen molar-refractivity contribution in [2.45, 2.75) is 45.7 Å². The van der Waals surface area contributed by atoms with Crippen LogP contribution in [-0.2, 0) is 0 Å². The van der Waals surface area contributed by atoms with Crippen LogP contribution in [-0.4, -0.2) is 24.3 Å². The average molecular weight is 175 g/mol. The average Bonchev–Trinajstić information content (AvgIpc) is 1.85. The van der Waals surface area contributed by atoms with Crippen molar-refractivity contribution < 1.29 is 0 Å². The van der Waals surface area contributed by atoms with Crippen molar-refractivity contribution in [1.29, 1.82) is 0 Å². The van der Waals surface area contributed by atoms with Crippen LogP contribution < -0.4 is 4.98 Å². The van der Waals surface area contributed by atoms with Gasteiger partial charge >= 0.3 is 0 Å². The van der Waals surface area contributed by atoms with Gasteiger partial charge in [-0.1, -0.05) is 34.1 Å². The van der Waals surface area contributed by atoms with Gasteiger partial charge in [-0.05, 0) is 11.6 Å². The summed E-state index contributed by atoms with van der Waals surface area (Å²) in [5, 5.41) is 0. The first-order valence-electron chi connectivity index (χ1n) is 4.34. The quantitative estimate of drug-likeness (QED) is 0.609. The molecule has 0 aliphatic heterocycles. The van der Waals surface area contributed by atoms with Crippen LogP contribution in [0.3, 0.4) is 0 Å². The highest BCUT2D eigenvalue weighted by atomic mass is 29.2. The SMILES string of the molecule is CCC(C)[SiH]([SiH3])NC(C)C. The monoisotopic (exact) mass is 175 g/mol. The Morgan fingerprint density at radius 3 is 2.20 bits per heavy atom. The van der Waals surface area contributed by atoms with Crippen LogP contribution in [0.4, 0.5) is 0 Å². The number of hydrogen-bond donors (Lipinski definition) is 1. The number of hydrogen-bond acceptors (Lipinski definition) is 1. The molecular formula is C7H21NSi2. The largest absolute Gasteiger partial charge is 0.340 e. The Labute approximate surface area is 69.5 Å². The van der Waals surface area contributed by atoms with E-state index in [-0.39, 0.29) is 0 Å². The number of rotatable bonds is 4. The van der Waals surface area contributed by atoms with Crippen molar-refractivity contribution in [3.05, 3.63) is 0 Å². The van der Waals surface area contributed by atoms with E-state index in [2.05, 4.69) is 32.7 Å². The molecule has 62 valence electrons. The third-order valence-corrected chi connectivity index (χ3v) is 9.88. The Bertz CT molecular complexity index is 85.7. The molecule has 0 radical (unpaired) electrons. The van der Waals surface area contributed by atoms with Gasteiger partial charge in [0.15, 0.2) is 0 Å². The molecule has 0 amide bonds. The Hall–Kier alpha value is 0.394. The summed E-state index contributed by atoms with van der Waals surface area (Å²) in [5.41, 5.74) is 0.995. The van der Waals surface area contributed by atoms with Gasteiger partial charge in [-0.3, -0.25) is 0 Å². The molecule has 0 fully saturated rings. The van der Waals surface area contributed by atoms with Crippen molar-refractivity contribution in [2.75, 3.05) is 0 Å². The molecule has 3 heteroatoms. The van der Waals surface area contributed by atoms with Gasteiger partial charge in [-0.15, -0.1) is 0 Å². The second-order valence-corrected chi connectivity index (χ2v) is 10.3. The summed E-state index contributed by atoms with van der Waals surface area (Å²) < 4.78 is 0. The lowest BCUT2D eigenvalue weighted by Crippen LogP contribution is -2.42. The molecule has 0 saturated carbocycles. The van der Waals surface area contributed by atoms with Gasteiger partial charge in [0.25, 0.3) is 0 Å². The fourth-order valence-electron chi connectivity index (χ4n) is 1.04. The topological polar surface area (TPSA) is 12.0 Å². The van der Waals surface area contributed by atoms with E-state index in [1.54, 1.807) is 0 Å². The summed E-state index contributed by atoms with van der Waals surface area (Å²) in [6.45, 7) is 9.18. The summed E-state index contributed by atoms with van der Waals surface area (Å²) in [5.74, 6) is 0. The molecule has 1 N–H and O–H groups in total. The van der Waals surface area contributed by atoms with Crippen molar-refractivity contribution in [2.24, 2.45) is 0 Å². The molecular weight excluding hydrogens is 154 g/mol. The molecule has 0 aromatic heterocycles. The molecule has 0 aliphatic rings. The van der Waals surface area contributed by atoms with E-state index in [1.807, 2.05) is 0 Å². The van der Waals surface area contributed by atoms with Crippen LogP contribution in [0.1, 0.15) is 34.1 Å². The van der Waals surface area contributed by atoms with E-state index in [4.69, 9.17) is 0 Å². The van der Waals surface area contributed by atoms with Gasteiger partial charge in [-0.2, -0.15) is 0 Å². The Balaban J connectivity index is 3.50. The highest BCUT2D eigenvalue weighted by Gasteiger charge is 2.11. The van der Waals surface area contributed by atoms with Crippen LogP contribution in [0, 0.1) is 0 Å². The summed E-state index contributed by atoms with van der Waals surface area (Å²) in [4.78, 5) is 3.69. The standard InChI is InChI=1S/C7H21NSi2/c1-5-7(4)10(9)8-6(2)3/h6-8,10H,5H2,1-4,9H3. The van der Waals surface area contributed by atoms with Gasteiger partial charge in [0.2, 0.25) is 0 Å². The van der Waals surface area contributed by atoms with Gasteiger partial charge in [0, 0.05) is 9.76 Å². The molecule has 2 unspecified atom stereocenters.